The first-order valence-corrected chi connectivity index (χ1v) is 7.43. The number of nitrogens with zero attached hydrogens (tertiary/aromatic N) is 3. The van der Waals surface area contributed by atoms with E-state index in [2.05, 4.69) is 42.9 Å². The van der Waals surface area contributed by atoms with Crippen molar-refractivity contribution in [2.75, 3.05) is 0 Å². The van der Waals surface area contributed by atoms with Crippen LogP contribution in [0.15, 0.2) is 29.4 Å². The SMILES string of the molecule is CC(C)[C@@H]1CC[C@@H](C)C[C@H]1/C=C/C=C/[C@H](C)N=[N+]=[N-]. The second-order valence-electron chi connectivity index (χ2n) is 6.21. The molecular formula is C16H27N3. The molecule has 19 heavy (non-hydrogen) atoms. The van der Waals surface area contributed by atoms with Crippen LogP contribution in [0.25, 0.3) is 10.4 Å². The van der Waals surface area contributed by atoms with Gasteiger partial charge in [-0.15, -0.1) is 0 Å². The molecule has 0 bridgehead atoms. The maximum Gasteiger partial charge on any atom is 0.0529 e. The zero-order valence-electron chi connectivity index (χ0n) is 12.7. The zero-order chi connectivity index (χ0) is 14.3. The average molecular weight is 261 g/mol. The third-order valence-electron chi connectivity index (χ3n) is 4.17. The van der Waals surface area contributed by atoms with Gasteiger partial charge in [-0.3, -0.25) is 0 Å². The Morgan fingerprint density at radius 2 is 1.95 bits per heavy atom. The van der Waals surface area contributed by atoms with Crippen LogP contribution in [0.2, 0.25) is 0 Å². The molecule has 0 saturated heterocycles. The highest BCUT2D eigenvalue weighted by molar-refractivity contribution is 5.08. The molecule has 0 spiro atoms. The molecule has 0 N–H and O–H groups in total. The Bertz CT molecular complexity index is 364. The molecule has 3 nitrogen and oxygen atoms in total. The van der Waals surface area contributed by atoms with Gasteiger partial charge in [0.1, 0.15) is 0 Å². The van der Waals surface area contributed by atoms with Crippen molar-refractivity contribution >= 4 is 0 Å². The smallest absolute Gasteiger partial charge is 0.0529 e. The Morgan fingerprint density at radius 3 is 2.58 bits per heavy atom. The first kappa shape index (κ1) is 15.8. The molecule has 1 fully saturated rings. The van der Waals surface area contributed by atoms with Crippen molar-refractivity contribution < 1.29 is 0 Å². The van der Waals surface area contributed by atoms with Gasteiger partial charge in [0.25, 0.3) is 0 Å². The summed E-state index contributed by atoms with van der Waals surface area (Å²) in [6.45, 7) is 8.92. The van der Waals surface area contributed by atoms with Gasteiger partial charge >= 0.3 is 0 Å². The quantitative estimate of drug-likeness (QED) is 0.271. The summed E-state index contributed by atoms with van der Waals surface area (Å²) in [6.07, 6.45) is 12.5. The van der Waals surface area contributed by atoms with E-state index in [0.717, 1.165) is 17.8 Å². The predicted octanol–water partition coefficient (Wildman–Crippen LogP) is 5.51. The van der Waals surface area contributed by atoms with Crippen molar-refractivity contribution in [3.8, 4) is 0 Å². The lowest BCUT2D eigenvalue weighted by molar-refractivity contribution is 0.178. The average Bonchev–Trinajstić information content (AvgIpc) is 2.34. The van der Waals surface area contributed by atoms with Crippen LogP contribution in [0, 0.1) is 23.7 Å². The van der Waals surface area contributed by atoms with Crippen LogP contribution < -0.4 is 0 Å². The Balaban J connectivity index is 2.58. The Labute approximate surface area is 117 Å². The molecule has 0 aliphatic heterocycles. The van der Waals surface area contributed by atoms with E-state index < -0.39 is 0 Å². The second kappa shape index (κ2) is 8.06. The van der Waals surface area contributed by atoms with Crippen LogP contribution in [0.5, 0.6) is 0 Å². The van der Waals surface area contributed by atoms with Crippen molar-refractivity contribution in [3.63, 3.8) is 0 Å². The first-order valence-electron chi connectivity index (χ1n) is 7.43. The van der Waals surface area contributed by atoms with E-state index >= 15 is 0 Å². The summed E-state index contributed by atoms with van der Waals surface area (Å²) >= 11 is 0. The van der Waals surface area contributed by atoms with Crippen molar-refractivity contribution in [2.45, 2.75) is 53.0 Å². The molecule has 4 atom stereocenters. The predicted molar refractivity (Wildman–Crippen MR) is 81.7 cm³/mol. The summed E-state index contributed by atoms with van der Waals surface area (Å²) in [5, 5.41) is 3.62. The van der Waals surface area contributed by atoms with E-state index in [0.29, 0.717) is 5.92 Å². The first-order chi connectivity index (χ1) is 9.04. The summed E-state index contributed by atoms with van der Waals surface area (Å²) in [7, 11) is 0. The van der Waals surface area contributed by atoms with E-state index in [9.17, 15) is 0 Å². The molecule has 1 saturated carbocycles. The number of azide groups is 1. The van der Waals surface area contributed by atoms with Crippen LogP contribution in [0.4, 0.5) is 0 Å². The topological polar surface area (TPSA) is 48.8 Å². The molecular weight excluding hydrogens is 234 g/mol. The van der Waals surface area contributed by atoms with Crippen LogP contribution >= 0.6 is 0 Å². The second-order valence-corrected chi connectivity index (χ2v) is 6.21. The fraction of sp³-hybridized carbons (Fsp3) is 0.750. The number of allylic oxidation sites excluding steroid dienone is 3. The van der Waals surface area contributed by atoms with Gasteiger partial charge in [0, 0.05) is 4.91 Å². The number of hydrogen-bond donors (Lipinski definition) is 0. The molecule has 106 valence electrons. The number of rotatable bonds is 5. The molecule has 0 unspecified atom stereocenters. The molecule has 0 amide bonds. The van der Waals surface area contributed by atoms with E-state index in [1.165, 1.54) is 19.3 Å². The third kappa shape index (κ3) is 5.52. The Kier molecular flexibility index (Phi) is 6.72. The highest BCUT2D eigenvalue weighted by Crippen LogP contribution is 2.38. The third-order valence-corrected chi connectivity index (χ3v) is 4.17. The fourth-order valence-electron chi connectivity index (χ4n) is 3.05. The Hall–Kier alpha value is -1.21. The standard InChI is InChI=1S/C16H27N3/c1-12(2)16-10-9-13(3)11-15(16)8-6-5-7-14(4)18-19-17/h5-8,12-16H,9-11H2,1-4H3/b7-5+,8-6+/t13-,14+,15-,16+/m1/s1. The van der Waals surface area contributed by atoms with Crippen LogP contribution in [-0.2, 0) is 0 Å². The van der Waals surface area contributed by atoms with Crippen molar-refractivity contribution in [1.82, 2.24) is 0 Å². The molecule has 0 aromatic rings. The minimum absolute atomic E-state index is 0.0687. The molecule has 1 aliphatic carbocycles. The highest BCUT2D eigenvalue weighted by Gasteiger charge is 2.28. The van der Waals surface area contributed by atoms with Crippen molar-refractivity contribution in [1.29, 1.82) is 0 Å². The van der Waals surface area contributed by atoms with Gasteiger partial charge in [0.2, 0.25) is 0 Å². The van der Waals surface area contributed by atoms with Gasteiger partial charge < -0.3 is 0 Å². The largest absolute Gasteiger partial charge is 0.0868 e. The number of hydrogen-bond acceptors (Lipinski definition) is 1. The maximum absolute atomic E-state index is 8.33. The lowest BCUT2D eigenvalue weighted by Crippen LogP contribution is -2.26. The van der Waals surface area contributed by atoms with E-state index in [4.69, 9.17) is 5.53 Å². The lowest BCUT2D eigenvalue weighted by atomic mass is 9.70. The zero-order valence-corrected chi connectivity index (χ0v) is 12.7. The van der Waals surface area contributed by atoms with Gasteiger partial charge in [-0.2, -0.15) is 0 Å². The molecule has 3 heteroatoms. The summed E-state index contributed by atoms with van der Waals surface area (Å²) in [5.41, 5.74) is 8.33. The van der Waals surface area contributed by atoms with Crippen LogP contribution in [0.3, 0.4) is 0 Å². The minimum Gasteiger partial charge on any atom is -0.0868 e. The summed E-state index contributed by atoms with van der Waals surface area (Å²) < 4.78 is 0. The molecule has 1 rings (SSSR count). The van der Waals surface area contributed by atoms with Crippen molar-refractivity contribution in [2.24, 2.45) is 28.8 Å². The summed E-state index contributed by atoms with van der Waals surface area (Å²) in [5.74, 6) is 3.11. The maximum atomic E-state index is 8.33. The van der Waals surface area contributed by atoms with E-state index in [1.807, 2.05) is 19.1 Å². The van der Waals surface area contributed by atoms with E-state index in [1.54, 1.807) is 0 Å². The van der Waals surface area contributed by atoms with E-state index in [-0.39, 0.29) is 6.04 Å². The van der Waals surface area contributed by atoms with Gasteiger partial charge in [-0.25, -0.2) is 0 Å². The monoisotopic (exact) mass is 261 g/mol. The van der Waals surface area contributed by atoms with Gasteiger partial charge in [0.15, 0.2) is 0 Å². The van der Waals surface area contributed by atoms with Crippen LogP contribution in [-0.4, -0.2) is 6.04 Å². The highest BCUT2D eigenvalue weighted by atomic mass is 15.1. The van der Waals surface area contributed by atoms with Crippen molar-refractivity contribution in [3.05, 3.63) is 34.7 Å². The molecule has 0 radical (unpaired) electrons. The minimum atomic E-state index is -0.0687. The normalized spacial score (nSPS) is 29.8. The molecule has 0 heterocycles. The van der Waals surface area contributed by atoms with Gasteiger partial charge in [-0.05, 0) is 42.0 Å². The molecule has 0 aromatic heterocycles. The molecule has 1 aliphatic rings. The summed E-state index contributed by atoms with van der Waals surface area (Å²) in [4.78, 5) is 2.80. The fourth-order valence-corrected chi connectivity index (χ4v) is 3.05. The summed E-state index contributed by atoms with van der Waals surface area (Å²) in [6, 6.07) is -0.0687. The molecule has 0 aromatic carbocycles. The lowest BCUT2D eigenvalue weighted by Gasteiger charge is -2.35. The Morgan fingerprint density at radius 1 is 1.21 bits per heavy atom. The van der Waals surface area contributed by atoms with Gasteiger partial charge in [0.05, 0.1) is 6.04 Å². The van der Waals surface area contributed by atoms with Crippen LogP contribution in [0.1, 0.15) is 47.0 Å². The van der Waals surface area contributed by atoms with Gasteiger partial charge in [-0.1, -0.05) is 63.5 Å².